The normalized spacial score (nSPS) is 12.8. The Kier molecular flexibility index (Phi) is 5.51. The molecule has 0 bridgehead atoms. The highest BCUT2D eigenvalue weighted by Crippen LogP contribution is 2.22. The Labute approximate surface area is 125 Å². The molecule has 2 rings (SSSR count). The molecule has 0 aliphatic rings. The number of hydrogen-bond donors (Lipinski definition) is 1. The second-order valence-electron chi connectivity index (χ2n) is 5.40. The van der Waals surface area contributed by atoms with Crippen molar-refractivity contribution in [3.05, 3.63) is 53.6 Å². The Hall–Kier alpha value is -1.68. The molecule has 1 atom stereocenters. The zero-order valence-electron chi connectivity index (χ0n) is 12.7. The van der Waals surface area contributed by atoms with Crippen molar-refractivity contribution in [1.29, 1.82) is 0 Å². The first-order valence-corrected chi connectivity index (χ1v) is 7.58. The quantitative estimate of drug-likeness (QED) is 0.844. The van der Waals surface area contributed by atoms with Gasteiger partial charge in [0.25, 0.3) is 0 Å². The summed E-state index contributed by atoms with van der Waals surface area (Å²) in [5, 5.41) is 14.2. The van der Waals surface area contributed by atoms with Crippen LogP contribution in [0, 0.1) is 5.82 Å². The number of halogens is 1. The molecule has 3 nitrogen and oxygen atoms in total. The molecule has 1 aromatic carbocycles. The van der Waals surface area contributed by atoms with E-state index in [4.69, 9.17) is 0 Å². The fourth-order valence-corrected chi connectivity index (χ4v) is 2.65. The summed E-state index contributed by atoms with van der Waals surface area (Å²) in [6, 6.07) is 8.83. The van der Waals surface area contributed by atoms with Crippen LogP contribution in [0.2, 0.25) is 0 Å². The zero-order chi connectivity index (χ0) is 15.2. The molecule has 1 aromatic heterocycles. The molecular weight excluding hydrogens is 267 g/mol. The van der Waals surface area contributed by atoms with Gasteiger partial charge < -0.3 is 5.11 Å². The van der Waals surface area contributed by atoms with E-state index in [9.17, 15) is 9.50 Å². The van der Waals surface area contributed by atoms with Gasteiger partial charge in [0.05, 0.1) is 18.3 Å². The van der Waals surface area contributed by atoms with Crippen LogP contribution in [0.15, 0.2) is 36.5 Å². The number of hydrogen-bond acceptors (Lipinski definition) is 2. The van der Waals surface area contributed by atoms with E-state index in [1.807, 2.05) is 23.0 Å². The SMILES string of the molecule is CCC(CC)n1ccc(CC(CO)c2cccc(F)c2)n1. The lowest BCUT2D eigenvalue weighted by atomic mass is 9.95. The molecule has 114 valence electrons. The van der Waals surface area contributed by atoms with Gasteiger partial charge in [0, 0.05) is 18.5 Å². The van der Waals surface area contributed by atoms with E-state index in [-0.39, 0.29) is 18.3 Å². The second kappa shape index (κ2) is 7.36. The van der Waals surface area contributed by atoms with Gasteiger partial charge in [0.2, 0.25) is 0 Å². The number of aliphatic hydroxyl groups excluding tert-OH is 1. The van der Waals surface area contributed by atoms with Crippen LogP contribution in [0.1, 0.15) is 49.9 Å². The number of nitrogens with zero attached hydrogens (tertiary/aromatic N) is 2. The molecule has 1 unspecified atom stereocenters. The number of rotatable bonds is 7. The molecule has 0 aliphatic heterocycles. The van der Waals surface area contributed by atoms with Gasteiger partial charge in [-0.15, -0.1) is 0 Å². The van der Waals surface area contributed by atoms with Crippen LogP contribution < -0.4 is 0 Å². The van der Waals surface area contributed by atoms with Gasteiger partial charge in [-0.1, -0.05) is 26.0 Å². The Morgan fingerprint density at radius 2 is 2.00 bits per heavy atom. The van der Waals surface area contributed by atoms with Gasteiger partial charge >= 0.3 is 0 Å². The van der Waals surface area contributed by atoms with Crippen molar-refractivity contribution >= 4 is 0 Å². The van der Waals surface area contributed by atoms with Crippen molar-refractivity contribution in [3.8, 4) is 0 Å². The molecule has 0 radical (unpaired) electrons. The van der Waals surface area contributed by atoms with E-state index in [2.05, 4.69) is 18.9 Å². The summed E-state index contributed by atoms with van der Waals surface area (Å²) in [5.41, 5.74) is 1.75. The van der Waals surface area contributed by atoms with Gasteiger partial charge in [0.1, 0.15) is 5.82 Å². The van der Waals surface area contributed by atoms with Gasteiger partial charge in [0.15, 0.2) is 0 Å². The first-order chi connectivity index (χ1) is 10.2. The van der Waals surface area contributed by atoms with Crippen molar-refractivity contribution in [3.63, 3.8) is 0 Å². The lowest BCUT2D eigenvalue weighted by molar-refractivity contribution is 0.263. The summed E-state index contributed by atoms with van der Waals surface area (Å²) in [7, 11) is 0. The summed E-state index contributed by atoms with van der Waals surface area (Å²) in [4.78, 5) is 0. The van der Waals surface area contributed by atoms with E-state index < -0.39 is 0 Å². The third-order valence-electron chi connectivity index (χ3n) is 3.98. The summed E-state index contributed by atoms with van der Waals surface area (Å²) in [6.07, 6.45) is 4.70. The molecule has 0 saturated heterocycles. The molecule has 2 aromatic rings. The first-order valence-electron chi connectivity index (χ1n) is 7.58. The molecule has 0 aliphatic carbocycles. The lowest BCUT2D eigenvalue weighted by Crippen LogP contribution is -2.11. The molecule has 21 heavy (non-hydrogen) atoms. The topological polar surface area (TPSA) is 38.0 Å². The molecular formula is C17H23FN2O. The average Bonchev–Trinajstić information content (AvgIpc) is 2.94. The molecule has 1 N–H and O–H groups in total. The third-order valence-corrected chi connectivity index (χ3v) is 3.98. The van der Waals surface area contributed by atoms with Crippen LogP contribution >= 0.6 is 0 Å². The van der Waals surface area contributed by atoms with E-state index >= 15 is 0 Å². The predicted molar refractivity (Wildman–Crippen MR) is 81.8 cm³/mol. The van der Waals surface area contributed by atoms with Crippen LogP contribution in [0.25, 0.3) is 0 Å². The highest BCUT2D eigenvalue weighted by molar-refractivity contribution is 5.22. The van der Waals surface area contributed by atoms with Crippen LogP contribution in [0.3, 0.4) is 0 Å². The van der Waals surface area contributed by atoms with Crippen molar-refractivity contribution in [1.82, 2.24) is 9.78 Å². The van der Waals surface area contributed by atoms with Crippen LogP contribution in [-0.2, 0) is 6.42 Å². The maximum atomic E-state index is 13.3. The van der Waals surface area contributed by atoms with Gasteiger partial charge in [-0.05, 0) is 36.6 Å². The van der Waals surface area contributed by atoms with Crippen molar-refractivity contribution in [2.45, 2.75) is 45.1 Å². The van der Waals surface area contributed by atoms with Crippen molar-refractivity contribution < 1.29 is 9.50 Å². The molecule has 0 spiro atoms. The minimum absolute atomic E-state index is 0.0126. The van der Waals surface area contributed by atoms with E-state index in [1.165, 1.54) is 12.1 Å². The summed E-state index contributed by atoms with van der Waals surface area (Å²) < 4.78 is 15.3. The number of aliphatic hydroxyl groups is 1. The molecule has 0 saturated carbocycles. The average molecular weight is 290 g/mol. The first kappa shape index (κ1) is 15.7. The largest absolute Gasteiger partial charge is 0.396 e. The highest BCUT2D eigenvalue weighted by atomic mass is 19.1. The summed E-state index contributed by atoms with van der Waals surface area (Å²) >= 11 is 0. The molecule has 0 amide bonds. The van der Waals surface area contributed by atoms with Gasteiger partial charge in [-0.2, -0.15) is 5.10 Å². The highest BCUT2D eigenvalue weighted by Gasteiger charge is 2.15. The van der Waals surface area contributed by atoms with Crippen molar-refractivity contribution in [2.24, 2.45) is 0 Å². The number of benzene rings is 1. The Morgan fingerprint density at radius 3 is 2.62 bits per heavy atom. The molecule has 0 fully saturated rings. The van der Waals surface area contributed by atoms with E-state index in [1.54, 1.807) is 6.07 Å². The fraction of sp³-hybridized carbons (Fsp3) is 0.471. The number of aromatic nitrogens is 2. The third kappa shape index (κ3) is 3.91. The van der Waals surface area contributed by atoms with Crippen LogP contribution in [-0.4, -0.2) is 21.5 Å². The Balaban J connectivity index is 2.12. The lowest BCUT2D eigenvalue weighted by Gasteiger charge is -2.14. The maximum Gasteiger partial charge on any atom is 0.123 e. The Morgan fingerprint density at radius 1 is 1.24 bits per heavy atom. The fourth-order valence-electron chi connectivity index (χ4n) is 2.65. The smallest absolute Gasteiger partial charge is 0.123 e. The standard InChI is InChI=1S/C17H23FN2O/c1-3-17(4-2)20-9-8-16(19-20)11-14(12-21)13-6-5-7-15(18)10-13/h5-10,14,17,21H,3-4,11-12H2,1-2H3. The Bertz CT molecular complexity index is 563. The van der Waals surface area contributed by atoms with Crippen LogP contribution in [0.4, 0.5) is 4.39 Å². The molecule has 1 heterocycles. The maximum absolute atomic E-state index is 13.3. The van der Waals surface area contributed by atoms with Gasteiger partial charge in [-0.25, -0.2) is 4.39 Å². The summed E-state index contributed by atoms with van der Waals surface area (Å²) in [6.45, 7) is 4.29. The predicted octanol–water partition coefficient (Wildman–Crippen LogP) is 3.70. The van der Waals surface area contributed by atoms with E-state index in [0.29, 0.717) is 12.5 Å². The van der Waals surface area contributed by atoms with Crippen LogP contribution in [0.5, 0.6) is 0 Å². The van der Waals surface area contributed by atoms with E-state index in [0.717, 1.165) is 24.1 Å². The van der Waals surface area contributed by atoms with Gasteiger partial charge in [-0.3, -0.25) is 4.68 Å². The second-order valence-corrected chi connectivity index (χ2v) is 5.40. The summed E-state index contributed by atoms with van der Waals surface area (Å²) in [5.74, 6) is -0.390. The molecule has 4 heteroatoms. The monoisotopic (exact) mass is 290 g/mol. The van der Waals surface area contributed by atoms with Crippen molar-refractivity contribution in [2.75, 3.05) is 6.61 Å². The zero-order valence-corrected chi connectivity index (χ0v) is 12.7. The minimum atomic E-state index is -0.270. The minimum Gasteiger partial charge on any atom is -0.396 e.